The number of amides is 1. The van der Waals surface area contributed by atoms with Crippen molar-refractivity contribution in [3.05, 3.63) is 64.7 Å². The Labute approximate surface area is 195 Å². The van der Waals surface area contributed by atoms with Crippen molar-refractivity contribution < 1.29 is 9.53 Å². The molecule has 1 aliphatic heterocycles. The van der Waals surface area contributed by atoms with E-state index in [1.165, 1.54) is 11.8 Å². The number of thioether (sulfide) groups is 1. The van der Waals surface area contributed by atoms with Gasteiger partial charge in [0.15, 0.2) is 5.16 Å². The lowest BCUT2D eigenvalue weighted by Gasteiger charge is -2.25. The summed E-state index contributed by atoms with van der Waals surface area (Å²) in [5.41, 5.74) is 2.36. The molecule has 9 heteroatoms. The summed E-state index contributed by atoms with van der Waals surface area (Å²) in [6.07, 6.45) is 1.91. The molecule has 1 atom stereocenters. The van der Waals surface area contributed by atoms with Crippen molar-refractivity contribution in [3.63, 3.8) is 0 Å². The smallest absolute Gasteiger partial charge is 0.258 e. The highest BCUT2D eigenvalue weighted by molar-refractivity contribution is 7.99. The van der Waals surface area contributed by atoms with Crippen molar-refractivity contribution in [1.29, 1.82) is 0 Å². The lowest BCUT2D eigenvalue weighted by molar-refractivity contribution is -0.130. The SMILES string of the molecule is Cn1c(SCC(=O)N(Cc2nc3ccccc3c(=O)[nH]2)CC2CCCO2)nc2ccccc21. The predicted molar refractivity (Wildman–Crippen MR) is 128 cm³/mol. The van der Waals surface area contributed by atoms with Crippen LogP contribution >= 0.6 is 11.8 Å². The Morgan fingerprint density at radius 3 is 2.76 bits per heavy atom. The zero-order valence-electron chi connectivity index (χ0n) is 18.4. The third-order valence-electron chi connectivity index (χ3n) is 5.87. The molecule has 0 saturated carbocycles. The Balaban J connectivity index is 1.35. The van der Waals surface area contributed by atoms with Gasteiger partial charge in [0.2, 0.25) is 5.91 Å². The number of rotatable bonds is 7. The molecule has 1 N–H and O–H groups in total. The van der Waals surface area contributed by atoms with E-state index in [9.17, 15) is 9.59 Å². The third-order valence-corrected chi connectivity index (χ3v) is 6.89. The lowest BCUT2D eigenvalue weighted by Crippen LogP contribution is -2.38. The first-order valence-electron chi connectivity index (χ1n) is 11.0. The van der Waals surface area contributed by atoms with Crippen LogP contribution in [-0.4, -0.2) is 55.3 Å². The van der Waals surface area contributed by atoms with Crippen LogP contribution in [0.1, 0.15) is 18.7 Å². The summed E-state index contributed by atoms with van der Waals surface area (Å²) in [4.78, 5) is 39.6. The minimum absolute atomic E-state index is 0.00174. The molecule has 170 valence electrons. The molecule has 4 aromatic rings. The topological polar surface area (TPSA) is 93.1 Å². The van der Waals surface area contributed by atoms with E-state index in [-0.39, 0.29) is 29.9 Å². The van der Waals surface area contributed by atoms with Gasteiger partial charge in [0.1, 0.15) is 5.82 Å². The number of fused-ring (bicyclic) bond motifs is 2. The number of aromatic nitrogens is 4. The van der Waals surface area contributed by atoms with E-state index in [1.807, 2.05) is 54.1 Å². The van der Waals surface area contributed by atoms with Gasteiger partial charge in [-0.15, -0.1) is 0 Å². The van der Waals surface area contributed by atoms with Crippen LogP contribution in [0.4, 0.5) is 0 Å². The minimum atomic E-state index is -0.200. The average Bonchev–Trinajstić information content (AvgIpc) is 3.45. The highest BCUT2D eigenvalue weighted by atomic mass is 32.2. The quantitative estimate of drug-likeness (QED) is 0.424. The maximum Gasteiger partial charge on any atom is 0.258 e. The van der Waals surface area contributed by atoms with E-state index in [1.54, 1.807) is 11.0 Å². The average molecular weight is 464 g/mol. The number of nitrogens with zero attached hydrogens (tertiary/aromatic N) is 4. The van der Waals surface area contributed by atoms with Crippen molar-refractivity contribution in [3.8, 4) is 0 Å². The number of imidazole rings is 1. The Kier molecular flexibility index (Phi) is 6.15. The molecular weight excluding hydrogens is 438 g/mol. The van der Waals surface area contributed by atoms with Crippen LogP contribution in [0, 0.1) is 0 Å². The van der Waals surface area contributed by atoms with Gasteiger partial charge in [-0.3, -0.25) is 9.59 Å². The second-order valence-electron chi connectivity index (χ2n) is 8.17. The van der Waals surface area contributed by atoms with Crippen LogP contribution in [0.25, 0.3) is 21.9 Å². The van der Waals surface area contributed by atoms with Gasteiger partial charge in [0, 0.05) is 20.2 Å². The summed E-state index contributed by atoms with van der Waals surface area (Å²) in [5.74, 6) is 0.665. The summed E-state index contributed by atoms with van der Waals surface area (Å²) in [7, 11) is 1.95. The molecule has 1 amide bonds. The number of para-hydroxylation sites is 3. The first-order chi connectivity index (χ1) is 16.1. The van der Waals surface area contributed by atoms with Gasteiger partial charge in [0.05, 0.1) is 40.3 Å². The second-order valence-corrected chi connectivity index (χ2v) is 9.11. The summed E-state index contributed by atoms with van der Waals surface area (Å²) >= 11 is 1.41. The molecule has 1 fully saturated rings. The van der Waals surface area contributed by atoms with E-state index in [0.29, 0.717) is 29.9 Å². The van der Waals surface area contributed by atoms with Crippen molar-refractivity contribution in [1.82, 2.24) is 24.4 Å². The van der Waals surface area contributed by atoms with Crippen molar-refractivity contribution >= 4 is 39.6 Å². The number of H-pyrrole nitrogens is 1. The molecule has 1 saturated heterocycles. The summed E-state index contributed by atoms with van der Waals surface area (Å²) < 4.78 is 7.78. The Morgan fingerprint density at radius 1 is 1.18 bits per heavy atom. The van der Waals surface area contributed by atoms with Gasteiger partial charge in [0.25, 0.3) is 5.56 Å². The number of ether oxygens (including phenoxy) is 1. The number of carbonyl (C=O) groups is 1. The van der Waals surface area contributed by atoms with Crippen LogP contribution in [0.15, 0.2) is 58.5 Å². The molecule has 3 heterocycles. The molecule has 0 spiro atoms. The fraction of sp³-hybridized carbons (Fsp3) is 0.333. The predicted octanol–water partition coefficient (Wildman–Crippen LogP) is 3.11. The minimum Gasteiger partial charge on any atom is -0.376 e. The first kappa shape index (κ1) is 21.7. The van der Waals surface area contributed by atoms with Gasteiger partial charge in [-0.1, -0.05) is 36.0 Å². The van der Waals surface area contributed by atoms with E-state index in [4.69, 9.17) is 4.74 Å². The van der Waals surface area contributed by atoms with Crippen molar-refractivity contribution in [2.45, 2.75) is 30.6 Å². The number of nitrogens with one attached hydrogen (secondary N) is 1. The van der Waals surface area contributed by atoms with Crippen LogP contribution < -0.4 is 5.56 Å². The highest BCUT2D eigenvalue weighted by Crippen LogP contribution is 2.23. The Hall–Kier alpha value is -3.17. The number of carbonyl (C=O) groups excluding carboxylic acids is 1. The number of hydrogen-bond acceptors (Lipinski definition) is 6. The van der Waals surface area contributed by atoms with Crippen LogP contribution in [-0.2, 0) is 23.1 Å². The molecule has 2 aromatic heterocycles. The van der Waals surface area contributed by atoms with E-state index in [0.717, 1.165) is 29.0 Å². The molecule has 0 bridgehead atoms. The molecule has 8 nitrogen and oxygen atoms in total. The molecule has 33 heavy (non-hydrogen) atoms. The molecule has 0 radical (unpaired) electrons. The zero-order chi connectivity index (χ0) is 22.8. The van der Waals surface area contributed by atoms with E-state index < -0.39 is 0 Å². The number of hydrogen-bond donors (Lipinski definition) is 1. The summed E-state index contributed by atoms with van der Waals surface area (Å²) in [6, 6.07) is 15.1. The molecule has 1 unspecified atom stereocenters. The monoisotopic (exact) mass is 463 g/mol. The Morgan fingerprint density at radius 2 is 1.97 bits per heavy atom. The van der Waals surface area contributed by atoms with Crippen LogP contribution in [0.2, 0.25) is 0 Å². The van der Waals surface area contributed by atoms with Gasteiger partial charge < -0.3 is 19.2 Å². The van der Waals surface area contributed by atoms with E-state index in [2.05, 4.69) is 15.0 Å². The van der Waals surface area contributed by atoms with Gasteiger partial charge in [-0.2, -0.15) is 0 Å². The molecule has 1 aliphatic rings. The summed E-state index contributed by atoms with van der Waals surface area (Å²) in [6.45, 7) is 1.41. The van der Waals surface area contributed by atoms with Gasteiger partial charge in [-0.25, -0.2) is 9.97 Å². The van der Waals surface area contributed by atoms with E-state index >= 15 is 0 Å². The molecule has 0 aliphatic carbocycles. The lowest BCUT2D eigenvalue weighted by atomic mass is 10.2. The summed E-state index contributed by atoms with van der Waals surface area (Å²) in [5, 5.41) is 1.33. The van der Waals surface area contributed by atoms with Crippen LogP contribution in [0.3, 0.4) is 0 Å². The maximum atomic E-state index is 13.3. The fourth-order valence-electron chi connectivity index (χ4n) is 4.15. The largest absolute Gasteiger partial charge is 0.376 e. The fourth-order valence-corrected chi connectivity index (χ4v) is 5.04. The van der Waals surface area contributed by atoms with Gasteiger partial charge >= 0.3 is 0 Å². The normalized spacial score (nSPS) is 16.0. The standard InChI is InChI=1S/C24H25N5O3S/c1-28-20-11-5-4-10-19(20)26-24(28)33-15-22(30)29(13-16-7-6-12-32-16)14-21-25-18-9-3-2-8-17(18)23(31)27-21/h2-5,8-11,16H,6-7,12-15H2,1H3,(H,25,27,31). The zero-order valence-corrected chi connectivity index (χ0v) is 19.2. The highest BCUT2D eigenvalue weighted by Gasteiger charge is 2.24. The Bertz CT molecular complexity index is 1360. The van der Waals surface area contributed by atoms with Gasteiger partial charge in [-0.05, 0) is 37.1 Å². The number of aromatic amines is 1. The molecular formula is C24H25N5O3S. The number of aryl methyl sites for hydroxylation is 1. The molecule has 5 rings (SSSR count). The second kappa shape index (κ2) is 9.36. The van der Waals surface area contributed by atoms with Crippen molar-refractivity contribution in [2.24, 2.45) is 7.05 Å². The first-order valence-corrected chi connectivity index (χ1v) is 12.0. The number of benzene rings is 2. The van der Waals surface area contributed by atoms with Crippen molar-refractivity contribution in [2.75, 3.05) is 18.9 Å². The maximum absolute atomic E-state index is 13.3. The van der Waals surface area contributed by atoms with Crippen LogP contribution in [0.5, 0.6) is 0 Å². The molecule has 2 aromatic carbocycles. The third kappa shape index (κ3) is 4.65.